The molecular formula is C15H18N6OS. The average Bonchev–Trinajstić information content (AvgIpc) is 3.18. The molecule has 23 heavy (non-hydrogen) atoms. The van der Waals surface area contributed by atoms with Gasteiger partial charge in [0.2, 0.25) is 5.13 Å². The smallest absolute Gasteiger partial charge is 0.253 e. The first-order valence-electron chi connectivity index (χ1n) is 7.43. The number of nitrogens with two attached hydrogens (primary N) is 2. The number of guanidine groups is 1. The van der Waals surface area contributed by atoms with Crippen molar-refractivity contribution in [1.82, 2.24) is 15.3 Å². The molecule has 2 heterocycles. The molecule has 1 aliphatic carbocycles. The van der Waals surface area contributed by atoms with Crippen molar-refractivity contribution in [3.63, 3.8) is 0 Å². The molecule has 7 nitrogen and oxygen atoms in total. The van der Waals surface area contributed by atoms with Crippen LogP contribution >= 0.6 is 11.3 Å². The largest absolute Gasteiger partial charge is 0.370 e. The van der Waals surface area contributed by atoms with Gasteiger partial charge >= 0.3 is 0 Å². The number of carbonyl (C=O) groups excluding carboxylic acids is 1. The normalized spacial score (nSPS) is 14.6. The lowest BCUT2D eigenvalue weighted by Crippen LogP contribution is -2.32. The fraction of sp³-hybridized carbons (Fsp3) is 0.333. The van der Waals surface area contributed by atoms with Gasteiger partial charge in [0.1, 0.15) is 0 Å². The van der Waals surface area contributed by atoms with E-state index in [9.17, 15) is 4.79 Å². The number of hydrogen-bond acceptors (Lipinski definition) is 5. The second-order valence-electron chi connectivity index (χ2n) is 5.47. The second-order valence-corrected chi connectivity index (χ2v) is 6.31. The minimum Gasteiger partial charge on any atom is -0.370 e. The molecule has 8 heteroatoms. The minimum atomic E-state index is -0.0917. The van der Waals surface area contributed by atoms with Crippen LogP contribution in [-0.4, -0.2) is 27.9 Å². The first-order chi connectivity index (χ1) is 11.1. The van der Waals surface area contributed by atoms with E-state index in [0.717, 1.165) is 18.4 Å². The molecule has 0 aliphatic heterocycles. The summed E-state index contributed by atoms with van der Waals surface area (Å²) in [6, 6.07) is 2.06. The number of nitrogens with zero attached hydrogens (tertiary/aromatic N) is 3. The maximum atomic E-state index is 12.3. The molecule has 0 unspecified atom stereocenters. The molecule has 0 saturated heterocycles. The van der Waals surface area contributed by atoms with Crippen molar-refractivity contribution in [3.05, 3.63) is 29.4 Å². The second kappa shape index (κ2) is 6.74. The van der Waals surface area contributed by atoms with Crippen LogP contribution in [0.1, 0.15) is 36.0 Å². The molecule has 0 radical (unpaired) electrons. The molecular weight excluding hydrogens is 312 g/mol. The Labute approximate surface area is 137 Å². The van der Waals surface area contributed by atoms with Crippen LogP contribution in [0.5, 0.6) is 0 Å². The third-order valence-corrected chi connectivity index (χ3v) is 4.44. The van der Waals surface area contributed by atoms with E-state index < -0.39 is 0 Å². The Kier molecular flexibility index (Phi) is 4.52. The molecule has 2 aromatic rings. The number of aromatic nitrogens is 2. The Morgan fingerprint density at radius 2 is 2.09 bits per heavy atom. The Morgan fingerprint density at radius 3 is 2.83 bits per heavy atom. The summed E-state index contributed by atoms with van der Waals surface area (Å²) in [4.78, 5) is 24.7. The van der Waals surface area contributed by atoms with E-state index in [2.05, 4.69) is 20.3 Å². The van der Waals surface area contributed by atoms with Crippen molar-refractivity contribution in [1.29, 1.82) is 0 Å². The Balaban J connectivity index is 1.77. The predicted molar refractivity (Wildman–Crippen MR) is 90.5 cm³/mol. The van der Waals surface area contributed by atoms with Gasteiger partial charge < -0.3 is 16.8 Å². The highest BCUT2D eigenvalue weighted by molar-refractivity contribution is 7.13. The van der Waals surface area contributed by atoms with E-state index in [1.165, 1.54) is 24.2 Å². The van der Waals surface area contributed by atoms with Gasteiger partial charge in [-0.1, -0.05) is 12.8 Å². The molecule has 0 bridgehead atoms. The van der Waals surface area contributed by atoms with Gasteiger partial charge in [0, 0.05) is 29.4 Å². The van der Waals surface area contributed by atoms with E-state index in [4.69, 9.17) is 11.5 Å². The molecule has 3 rings (SSSR count). The number of rotatable bonds is 4. The average molecular weight is 330 g/mol. The van der Waals surface area contributed by atoms with Crippen molar-refractivity contribution < 1.29 is 4.79 Å². The monoisotopic (exact) mass is 330 g/mol. The molecule has 0 aromatic carbocycles. The third kappa shape index (κ3) is 3.84. The molecule has 1 amide bonds. The van der Waals surface area contributed by atoms with Crippen LogP contribution in [0.3, 0.4) is 0 Å². The quantitative estimate of drug-likeness (QED) is 0.583. The van der Waals surface area contributed by atoms with E-state index in [-0.39, 0.29) is 17.9 Å². The van der Waals surface area contributed by atoms with Crippen LogP contribution in [0.4, 0.5) is 5.13 Å². The summed E-state index contributed by atoms with van der Waals surface area (Å²) in [6.45, 7) is 0. The standard InChI is InChI=1S/C15H18N6OS/c16-14(17)21-15-20-12(8-23-15)9-5-10(7-18-6-9)13(22)19-11-3-1-2-4-11/h5-8,11H,1-4H2,(H,19,22)(H4,16,17,20,21). The summed E-state index contributed by atoms with van der Waals surface area (Å²) >= 11 is 1.33. The highest BCUT2D eigenvalue weighted by Gasteiger charge is 2.18. The zero-order chi connectivity index (χ0) is 16.2. The SMILES string of the molecule is NC(N)=Nc1nc(-c2cncc(C(=O)NC3CCCC3)c2)cs1. The Hall–Kier alpha value is -2.48. The van der Waals surface area contributed by atoms with Crippen molar-refractivity contribution in [3.8, 4) is 11.3 Å². The van der Waals surface area contributed by atoms with Gasteiger partial charge in [-0.25, -0.2) is 4.98 Å². The van der Waals surface area contributed by atoms with E-state index in [1.807, 2.05) is 5.38 Å². The van der Waals surface area contributed by atoms with Crippen molar-refractivity contribution >= 4 is 28.3 Å². The molecule has 5 N–H and O–H groups in total. The van der Waals surface area contributed by atoms with Gasteiger partial charge in [-0.15, -0.1) is 11.3 Å². The van der Waals surface area contributed by atoms with Gasteiger partial charge in [0.05, 0.1) is 11.3 Å². The Bertz CT molecular complexity index is 731. The first kappa shape index (κ1) is 15.4. The zero-order valence-corrected chi connectivity index (χ0v) is 13.3. The third-order valence-electron chi connectivity index (χ3n) is 3.70. The molecule has 0 atom stereocenters. The van der Waals surface area contributed by atoms with Crippen LogP contribution in [0.25, 0.3) is 11.3 Å². The van der Waals surface area contributed by atoms with Crippen LogP contribution in [0.15, 0.2) is 28.8 Å². The fourth-order valence-electron chi connectivity index (χ4n) is 2.60. The van der Waals surface area contributed by atoms with Gasteiger partial charge in [-0.3, -0.25) is 9.78 Å². The lowest BCUT2D eigenvalue weighted by atomic mass is 10.1. The molecule has 120 valence electrons. The van der Waals surface area contributed by atoms with Crippen LogP contribution in [0, 0.1) is 0 Å². The number of aliphatic imine (C=N–C) groups is 1. The topological polar surface area (TPSA) is 119 Å². The zero-order valence-electron chi connectivity index (χ0n) is 12.5. The summed E-state index contributed by atoms with van der Waals surface area (Å²) in [5.41, 5.74) is 12.7. The number of carbonyl (C=O) groups is 1. The summed E-state index contributed by atoms with van der Waals surface area (Å²) in [5.74, 6) is -0.125. The van der Waals surface area contributed by atoms with Crippen LogP contribution < -0.4 is 16.8 Å². The maximum Gasteiger partial charge on any atom is 0.253 e. The van der Waals surface area contributed by atoms with E-state index >= 15 is 0 Å². The van der Waals surface area contributed by atoms with Gasteiger partial charge in [-0.05, 0) is 18.9 Å². The lowest BCUT2D eigenvalue weighted by Gasteiger charge is -2.11. The minimum absolute atomic E-state index is 0.0336. The number of nitrogens with one attached hydrogen (secondary N) is 1. The fourth-order valence-corrected chi connectivity index (χ4v) is 3.32. The van der Waals surface area contributed by atoms with Gasteiger partial charge in [0.15, 0.2) is 5.96 Å². The maximum absolute atomic E-state index is 12.3. The molecule has 1 aliphatic rings. The van der Waals surface area contributed by atoms with Gasteiger partial charge in [0.25, 0.3) is 5.91 Å². The molecule has 2 aromatic heterocycles. The molecule has 1 fully saturated rings. The highest BCUT2D eigenvalue weighted by atomic mass is 32.1. The molecule has 0 spiro atoms. The summed E-state index contributed by atoms with van der Waals surface area (Å²) in [6.07, 6.45) is 7.68. The van der Waals surface area contributed by atoms with Crippen molar-refractivity contribution in [2.45, 2.75) is 31.7 Å². The number of pyridine rings is 1. The lowest BCUT2D eigenvalue weighted by molar-refractivity contribution is 0.0937. The first-order valence-corrected chi connectivity index (χ1v) is 8.31. The van der Waals surface area contributed by atoms with E-state index in [0.29, 0.717) is 16.4 Å². The summed E-state index contributed by atoms with van der Waals surface area (Å²) in [5, 5.41) is 5.36. The van der Waals surface area contributed by atoms with Crippen LogP contribution in [0.2, 0.25) is 0 Å². The number of thiazole rings is 1. The van der Waals surface area contributed by atoms with E-state index in [1.54, 1.807) is 18.5 Å². The van der Waals surface area contributed by atoms with Gasteiger partial charge in [-0.2, -0.15) is 4.99 Å². The number of amides is 1. The predicted octanol–water partition coefficient (Wildman–Crippen LogP) is 1.78. The number of hydrogen-bond donors (Lipinski definition) is 3. The van der Waals surface area contributed by atoms with Crippen LogP contribution in [-0.2, 0) is 0 Å². The highest BCUT2D eigenvalue weighted by Crippen LogP contribution is 2.26. The summed E-state index contributed by atoms with van der Waals surface area (Å²) in [7, 11) is 0. The summed E-state index contributed by atoms with van der Waals surface area (Å²) < 4.78 is 0. The van der Waals surface area contributed by atoms with Crippen molar-refractivity contribution in [2.24, 2.45) is 16.5 Å². The Morgan fingerprint density at radius 1 is 1.30 bits per heavy atom. The molecule has 1 saturated carbocycles. The van der Waals surface area contributed by atoms with Crippen molar-refractivity contribution in [2.75, 3.05) is 0 Å².